The van der Waals surface area contributed by atoms with E-state index in [0.29, 0.717) is 12.8 Å². The van der Waals surface area contributed by atoms with Gasteiger partial charge in [-0.1, -0.05) is 146 Å². The minimum atomic E-state index is -1.02. The monoisotopic (exact) mass is 672 g/mol. The predicted octanol–water partition coefficient (Wildman–Crippen LogP) is 11.9. The van der Waals surface area contributed by atoms with Gasteiger partial charge in [-0.3, -0.25) is 14.4 Å². The number of rotatable bonds is 35. The molecule has 1 amide bonds. The first kappa shape index (κ1) is 45.4. The van der Waals surface area contributed by atoms with E-state index in [1.54, 1.807) is 0 Å². The molecule has 0 saturated heterocycles. The van der Waals surface area contributed by atoms with Crippen LogP contribution in [0, 0.1) is 0 Å². The van der Waals surface area contributed by atoms with Crippen LogP contribution in [-0.4, -0.2) is 35.6 Å². The summed E-state index contributed by atoms with van der Waals surface area (Å²) in [6.07, 6.45) is 46.8. The number of nitrogens with one attached hydrogen (secondary N) is 1. The van der Waals surface area contributed by atoms with E-state index in [9.17, 15) is 14.4 Å². The highest BCUT2D eigenvalue weighted by Gasteiger charge is 2.11. The van der Waals surface area contributed by atoms with E-state index in [2.05, 4.69) is 67.8 Å². The molecule has 48 heavy (non-hydrogen) atoms. The fourth-order valence-electron chi connectivity index (χ4n) is 5.56. The first-order valence-corrected chi connectivity index (χ1v) is 19.8. The summed E-state index contributed by atoms with van der Waals surface area (Å²) in [6, 6.07) is 0. The summed E-state index contributed by atoms with van der Waals surface area (Å²) in [4.78, 5) is 34.8. The molecule has 0 fully saturated rings. The molecule has 0 radical (unpaired) electrons. The maximum absolute atomic E-state index is 12.6. The maximum Gasteiger partial charge on any atom is 0.322 e. The third-order valence-corrected chi connectivity index (χ3v) is 8.47. The molecular weight excluding hydrogens is 598 g/mol. The number of aliphatic carboxylic acids is 1. The van der Waals surface area contributed by atoms with Gasteiger partial charge >= 0.3 is 11.9 Å². The molecule has 0 aliphatic carbocycles. The first-order valence-electron chi connectivity index (χ1n) is 19.8. The Morgan fingerprint density at radius 2 is 1.08 bits per heavy atom. The van der Waals surface area contributed by atoms with Crippen molar-refractivity contribution in [1.82, 2.24) is 5.32 Å². The van der Waals surface area contributed by atoms with Gasteiger partial charge in [0.05, 0.1) is 0 Å². The fourth-order valence-corrected chi connectivity index (χ4v) is 5.56. The van der Waals surface area contributed by atoms with Crippen molar-refractivity contribution in [3.05, 3.63) is 48.6 Å². The number of carboxylic acid groups (broad SMARTS) is 1. The van der Waals surface area contributed by atoms with Crippen molar-refractivity contribution in [3.8, 4) is 0 Å². The van der Waals surface area contributed by atoms with Crippen LogP contribution in [0.1, 0.15) is 187 Å². The number of carbonyl (C=O) groups excluding carboxylic acids is 2. The molecule has 0 aromatic rings. The van der Waals surface area contributed by atoms with Crippen LogP contribution in [0.5, 0.6) is 0 Å². The van der Waals surface area contributed by atoms with Crippen molar-refractivity contribution in [2.24, 2.45) is 0 Å². The lowest BCUT2D eigenvalue weighted by Crippen LogP contribution is -2.28. The number of carbonyl (C=O) groups is 3. The van der Waals surface area contributed by atoms with Gasteiger partial charge in [-0.05, 0) is 76.7 Å². The molecule has 0 aromatic heterocycles. The van der Waals surface area contributed by atoms with Crippen molar-refractivity contribution in [1.29, 1.82) is 0 Å². The molecule has 6 heteroatoms. The van der Waals surface area contributed by atoms with Crippen LogP contribution in [0.3, 0.4) is 0 Å². The van der Waals surface area contributed by atoms with Crippen molar-refractivity contribution in [3.63, 3.8) is 0 Å². The van der Waals surface area contributed by atoms with Gasteiger partial charge in [-0.2, -0.15) is 0 Å². The second kappa shape index (κ2) is 37.2. The zero-order valence-corrected chi connectivity index (χ0v) is 31.1. The minimum absolute atomic E-state index is 0.0844. The van der Waals surface area contributed by atoms with Crippen molar-refractivity contribution in [2.45, 2.75) is 193 Å². The smallest absolute Gasteiger partial charge is 0.322 e. The molecular formula is C42H73NO5. The van der Waals surface area contributed by atoms with Crippen LogP contribution in [0.4, 0.5) is 0 Å². The normalized spacial score (nSPS) is 12.5. The number of carboxylic acids is 1. The Kier molecular flexibility index (Phi) is 35.2. The molecule has 6 nitrogen and oxygen atoms in total. The highest BCUT2D eigenvalue weighted by Crippen LogP contribution is 2.15. The van der Waals surface area contributed by atoms with Gasteiger partial charge in [-0.15, -0.1) is 0 Å². The van der Waals surface area contributed by atoms with E-state index in [-0.39, 0.29) is 24.5 Å². The summed E-state index contributed by atoms with van der Waals surface area (Å²) in [7, 11) is 0. The van der Waals surface area contributed by atoms with Gasteiger partial charge in [0.1, 0.15) is 12.6 Å². The average Bonchev–Trinajstić information content (AvgIpc) is 3.07. The van der Waals surface area contributed by atoms with E-state index < -0.39 is 5.97 Å². The van der Waals surface area contributed by atoms with E-state index in [1.165, 1.54) is 83.5 Å². The minimum Gasteiger partial charge on any atom is -0.480 e. The van der Waals surface area contributed by atoms with Crippen LogP contribution in [0.2, 0.25) is 0 Å². The SMILES string of the molecule is CC/C=C\C/C=C\C/C=C\C(CCCCCCCCC(=O)NCC(=O)O)OC(=O)CCCCCCCCC/C=C\CCCCCCCC. The van der Waals surface area contributed by atoms with E-state index >= 15 is 0 Å². The predicted molar refractivity (Wildman–Crippen MR) is 203 cm³/mol. The second-order valence-corrected chi connectivity index (χ2v) is 13.2. The Hall–Kier alpha value is -2.63. The van der Waals surface area contributed by atoms with Crippen LogP contribution in [0.25, 0.3) is 0 Å². The quantitative estimate of drug-likeness (QED) is 0.0397. The lowest BCUT2D eigenvalue weighted by molar-refractivity contribution is -0.147. The molecule has 0 aliphatic heterocycles. The summed E-state index contributed by atoms with van der Waals surface area (Å²) < 4.78 is 5.90. The molecule has 0 bridgehead atoms. The number of allylic oxidation sites excluding steroid dienone is 7. The number of hydrogen-bond acceptors (Lipinski definition) is 4. The summed E-state index contributed by atoms with van der Waals surface area (Å²) in [5, 5.41) is 11.0. The average molecular weight is 672 g/mol. The third kappa shape index (κ3) is 36.2. The highest BCUT2D eigenvalue weighted by molar-refractivity contribution is 5.80. The second-order valence-electron chi connectivity index (χ2n) is 13.2. The Bertz CT molecular complexity index is 875. The molecule has 0 saturated carbocycles. The lowest BCUT2D eigenvalue weighted by atomic mass is 10.1. The summed E-state index contributed by atoms with van der Waals surface area (Å²) in [5.74, 6) is -1.31. The van der Waals surface area contributed by atoms with E-state index in [1.807, 2.05) is 0 Å². The van der Waals surface area contributed by atoms with Crippen molar-refractivity contribution < 1.29 is 24.2 Å². The first-order chi connectivity index (χ1) is 23.5. The Morgan fingerprint density at radius 3 is 1.67 bits per heavy atom. The number of unbranched alkanes of at least 4 members (excludes halogenated alkanes) is 18. The van der Waals surface area contributed by atoms with Crippen LogP contribution < -0.4 is 5.32 Å². The zero-order chi connectivity index (χ0) is 35.2. The topological polar surface area (TPSA) is 92.7 Å². The molecule has 2 N–H and O–H groups in total. The van der Waals surface area contributed by atoms with Gasteiger partial charge in [0.2, 0.25) is 5.91 Å². The molecule has 0 aliphatic rings. The molecule has 0 rings (SSSR count). The summed E-state index contributed by atoms with van der Waals surface area (Å²) in [6.45, 7) is 4.09. The van der Waals surface area contributed by atoms with Crippen molar-refractivity contribution in [2.75, 3.05) is 6.54 Å². The number of hydrogen-bond donors (Lipinski definition) is 2. The molecule has 1 atom stereocenters. The van der Waals surface area contributed by atoms with Gasteiger partial charge in [0.15, 0.2) is 0 Å². The third-order valence-electron chi connectivity index (χ3n) is 8.47. The lowest BCUT2D eigenvalue weighted by Gasteiger charge is -2.14. The molecule has 0 aromatic carbocycles. The zero-order valence-electron chi connectivity index (χ0n) is 31.1. The summed E-state index contributed by atoms with van der Waals surface area (Å²) in [5.41, 5.74) is 0. The van der Waals surface area contributed by atoms with Crippen LogP contribution >= 0.6 is 0 Å². The van der Waals surface area contributed by atoms with Gasteiger partial charge in [-0.25, -0.2) is 0 Å². The van der Waals surface area contributed by atoms with E-state index in [4.69, 9.17) is 9.84 Å². The van der Waals surface area contributed by atoms with Gasteiger partial charge < -0.3 is 15.2 Å². The van der Waals surface area contributed by atoms with Gasteiger partial charge in [0.25, 0.3) is 0 Å². The highest BCUT2D eigenvalue weighted by atomic mass is 16.5. The van der Waals surface area contributed by atoms with Crippen LogP contribution in [-0.2, 0) is 19.1 Å². The van der Waals surface area contributed by atoms with Gasteiger partial charge in [0, 0.05) is 12.8 Å². The Balaban J connectivity index is 4.14. The molecule has 1 unspecified atom stereocenters. The number of amides is 1. The largest absolute Gasteiger partial charge is 0.480 e. The maximum atomic E-state index is 12.6. The summed E-state index contributed by atoms with van der Waals surface area (Å²) >= 11 is 0. The Morgan fingerprint density at radius 1 is 0.583 bits per heavy atom. The molecule has 0 spiro atoms. The molecule has 276 valence electrons. The molecule has 0 heterocycles. The standard InChI is InChI=1S/C42H73NO5/c1-3-5-7-9-11-13-14-15-16-17-18-19-20-21-23-29-33-37-42(47)48-39(34-30-26-22-12-10-8-6-4-2)35-31-27-24-25-28-32-36-40(44)43-38-41(45)46/h6,8,12,15-16,22,30,34,39H,3-5,7,9-11,13-14,17-21,23-29,31-33,35-38H2,1-2H3,(H,43,44)(H,45,46)/b8-6-,16-15-,22-12-,34-30-. The fraction of sp³-hybridized carbons (Fsp3) is 0.738. The van der Waals surface area contributed by atoms with E-state index in [0.717, 1.165) is 77.0 Å². The van der Waals surface area contributed by atoms with Crippen LogP contribution in [0.15, 0.2) is 48.6 Å². The number of ether oxygens (including phenoxy) is 1. The van der Waals surface area contributed by atoms with Crippen molar-refractivity contribution >= 4 is 17.8 Å². The number of esters is 1. The Labute approximate surface area is 295 Å².